The third-order valence-electron chi connectivity index (χ3n) is 4.29. The fraction of sp³-hybridized carbons (Fsp3) is 0.857. The zero-order valence-corrected chi connectivity index (χ0v) is 19.1. The second kappa shape index (κ2) is 10.5. The highest BCUT2D eigenvalue weighted by molar-refractivity contribution is 8.00. The molecule has 0 saturated carbocycles. The van der Waals surface area contributed by atoms with Crippen molar-refractivity contribution in [2.45, 2.75) is 98.8 Å². The van der Waals surface area contributed by atoms with Gasteiger partial charge in [-0.3, -0.25) is 19.3 Å². The molecule has 1 aliphatic rings. The molecule has 0 aliphatic carbocycles. The highest BCUT2D eigenvalue weighted by atomic mass is 32.2. The zero-order chi connectivity index (χ0) is 20.7. The van der Waals surface area contributed by atoms with Gasteiger partial charge in [0.1, 0.15) is 5.78 Å². The van der Waals surface area contributed by atoms with Gasteiger partial charge in [-0.2, -0.15) is 0 Å². The van der Waals surface area contributed by atoms with Crippen LogP contribution in [0.5, 0.6) is 0 Å². The fourth-order valence-corrected chi connectivity index (χ4v) is 4.54. The van der Waals surface area contributed by atoms with E-state index in [4.69, 9.17) is 0 Å². The Morgan fingerprint density at radius 2 is 1.65 bits per heavy atom. The normalized spacial score (nSPS) is 18.2. The van der Waals surface area contributed by atoms with E-state index in [1.54, 1.807) is 11.8 Å². The summed E-state index contributed by atoms with van der Waals surface area (Å²) >= 11 is 1.57. The third kappa shape index (κ3) is 7.05. The van der Waals surface area contributed by atoms with Crippen molar-refractivity contribution in [1.29, 1.82) is 0 Å². The van der Waals surface area contributed by atoms with Gasteiger partial charge in [0.25, 0.3) is 0 Å². The maximum atomic E-state index is 12.7. The van der Waals surface area contributed by atoms with Gasteiger partial charge in [-0.25, -0.2) is 0 Å². The van der Waals surface area contributed by atoms with Gasteiger partial charge in [-0.05, 0) is 31.9 Å². The number of Topliss-reactive ketones (excluding diaryl/α,β-unsaturated/α-hetero) is 1. The Labute approximate surface area is 164 Å². The van der Waals surface area contributed by atoms with Crippen LogP contribution in [0.3, 0.4) is 0 Å². The highest BCUT2D eigenvalue weighted by Gasteiger charge is 2.48. The van der Waals surface area contributed by atoms with Crippen LogP contribution in [-0.2, 0) is 14.4 Å². The molecule has 0 N–H and O–H groups in total. The molecule has 1 fully saturated rings. The Bertz CT molecular complexity index is 497. The SMILES string of the molecule is CCC.CCC(=O)C(C)(C)CC(C)(C)N1C(=O)CC(SCC(C)C)C1=O. The van der Waals surface area contributed by atoms with Crippen LogP contribution in [0.4, 0.5) is 0 Å². The summed E-state index contributed by atoms with van der Waals surface area (Å²) in [4.78, 5) is 38.7. The maximum Gasteiger partial charge on any atom is 0.243 e. The van der Waals surface area contributed by atoms with Gasteiger partial charge in [0.2, 0.25) is 11.8 Å². The van der Waals surface area contributed by atoms with E-state index in [9.17, 15) is 14.4 Å². The number of ketones is 1. The Hall–Kier alpha value is -0.840. The van der Waals surface area contributed by atoms with E-state index in [0.29, 0.717) is 18.8 Å². The molecule has 1 saturated heterocycles. The van der Waals surface area contributed by atoms with Crippen molar-refractivity contribution >= 4 is 29.4 Å². The number of likely N-dealkylation sites (tertiary alicyclic amines) is 1. The topological polar surface area (TPSA) is 54.5 Å². The van der Waals surface area contributed by atoms with Crippen molar-refractivity contribution < 1.29 is 14.4 Å². The molecule has 1 aliphatic heterocycles. The van der Waals surface area contributed by atoms with Crippen LogP contribution in [0.15, 0.2) is 0 Å². The summed E-state index contributed by atoms with van der Waals surface area (Å²) in [6.07, 6.45) is 2.49. The van der Waals surface area contributed by atoms with E-state index in [2.05, 4.69) is 27.7 Å². The molecule has 26 heavy (non-hydrogen) atoms. The molecule has 1 heterocycles. The number of carbonyl (C=O) groups excluding carboxylic acids is 3. The second-order valence-electron chi connectivity index (χ2n) is 8.84. The first kappa shape index (κ1) is 25.2. The number of rotatable bonds is 8. The summed E-state index contributed by atoms with van der Waals surface area (Å²) in [6, 6.07) is 0. The van der Waals surface area contributed by atoms with Gasteiger partial charge < -0.3 is 0 Å². The van der Waals surface area contributed by atoms with Crippen LogP contribution in [0.1, 0.15) is 88.0 Å². The summed E-state index contributed by atoms with van der Waals surface area (Å²) in [5.74, 6) is 1.32. The number of hydrogen-bond donors (Lipinski definition) is 0. The number of imide groups is 1. The second-order valence-corrected chi connectivity index (χ2v) is 10.1. The van der Waals surface area contributed by atoms with Crippen molar-refractivity contribution in [3.8, 4) is 0 Å². The summed E-state index contributed by atoms with van der Waals surface area (Å²) in [7, 11) is 0. The van der Waals surface area contributed by atoms with Gasteiger partial charge in [-0.1, -0.05) is 54.9 Å². The molecule has 1 unspecified atom stereocenters. The van der Waals surface area contributed by atoms with Gasteiger partial charge in [-0.15, -0.1) is 11.8 Å². The first-order valence-corrected chi connectivity index (χ1v) is 10.9. The molecule has 5 heteroatoms. The van der Waals surface area contributed by atoms with E-state index in [1.807, 2.05) is 34.6 Å². The van der Waals surface area contributed by atoms with Crippen molar-refractivity contribution in [2.75, 3.05) is 5.75 Å². The maximum absolute atomic E-state index is 12.7. The lowest BCUT2D eigenvalue weighted by Gasteiger charge is -2.39. The fourth-order valence-electron chi connectivity index (χ4n) is 3.42. The minimum absolute atomic E-state index is 0.0922. The summed E-state index contributed by atoms with van der Waals surface area (Å²) < 4.78 is 0. The van der Waals surface area contributed by atoms with Crippen LogP contribution in [0.2, 0.25) is 0 Å². The van der Waals surface area contributed by atoms with E-state index in [0.717, 1.165) is 5.75 Å². The molecule has 0 aromatic heterocycles. The lowest BCUT2D eigenvalue weighted by Crippen LogP contribution is -2.51. The number of hydrogen-bond acceptors (Lipinski definition) is 4. The lowest BCUT2D eigenvalue weighted by atomic mass is 9.75. The number of amides is 2. The van der Waals surface area contributed by atoms with Crippen LogP contribution in [0, 0.1) is 11.3 Å². The molecule has 1 atom stereocenters. The highest BCUT2D eigenvalue weighted by Crippen LogP contribution is 2.38. The Kier molecular flexibility index (Phi) is 10.1. The van der Waals surface area contributed by atoms with Crippen molar-refractivity contribution in [3.05, 3.63) is 0 Å². The minimum atomic E-state index is -0.643. The summed E-state index contributed by atoms with van der Waals surface area (Å²) in [5, 5.41) is -0.269. The van der Waals surface area contributed by atoms with Crippen molar-refractivity contribution in [2.24, 2.45) is 11.3 Å². The molecule has 0 spiro atoms. The average molecular weight is 386 g/mol. The third-order valence-corrected chi connectivity index (χ3v) is 5.92. The number of nitrogens with zero attached hydrogens (tertiary/aromatic N) is 1. The van der Waals surface area contributed by atoms with Gasteiger partial charge in [0.15, 0.2) is 0 Å². The van der Waals surface area contributed by atoms with Crippen molar-refractivity contribution in [1.82, 2.24) is 4.90 Å². The van der Waals surface area contributed by atoms with Crippen LogP contribution < -0.4 is 0 Å². The molecule has 0 aromatic rings. The Balaban J connectivity index is 0.00000194. The smallest absolute Gasteiger partial charge is 0.243 e. The predicted octanol–water partition coefficient (Wildman–Crippen LogP) is 5.09. The first-order valence-electron chi connectivity index (χ1n) is 9.85. The zero-order valence-electron chi connectivity index (χ0n) is 18.3. The Morgan fingerprint density at radius 3 is 2.08 bits per heavy atom. The minimum Gasteiger partial charge on any atom is -0.299 e. The van der Waals surface area contributed by atoms with Gasteiger partial charge >= 0.3 is 0 Å². The lowest BCUT2D eigenvalue weighted by molar-refractivity contribution is -0.147. The summed E-state index contributed by atoms with van der Waals surface area (Å²) in [5.41, 5.74) is -1.18. The van der Waals surface area contributed by atoms with Crippen LogP contribution in [-0.4, -0.2) is 39.0 Å². The quantitative estimate of drug-likeness (QED) is 0.546. The van der Waals surface area contributed by atoms with Gasteiger partial charge in [0.05, 0.1) is 5.25 Å². The predicted molar refractivity (Wildman–Crippen MR) is 111 cm³/mol. The van der Waals surface area contributed by atoms with E-state index >= 15 is 0 Å². The average Bonchev–Trinajstić information content (AvgIpc) is 2.78. The van der Waals surface area contributed by atoms with Crippen LogP contribution in [0.25, 0.3) is 0 Å². The standard InChI is InChI=1S/C18H31NO3S.C3H8/c1-8-14(20)17(4,5)11-18(6,7)19-15(21)9-13(16(19)22)23-10-12(2)3;1-3-2/h12-13H,8-11H2,1-7H3;3H2,1-2H3. The van der Waals surface area contributed by atoms with Crippen molar-refractivity contribution in [3.63, 3.8) is 0 Å². The van der Waals surface area contributed by atoms with Crippen LogP contribution >= 0.6 is 11.8 Å². The summed E-state index contributed by atoms with van der Waals surface area (Å²) in [6.45, 7) is 17.9. The molecule has 0 bridgehead atoms. The molecule has 152 valence electrons. The number of thioether (sulfide) groups is 1. The van der Waals surface area contributed by atoms with Gasteiger partial charge in [0, 0.05) is 23.8 Å². The molecular weight excluding hydrogens is 346 g/mol. The Morgan fingerprint density at radius 1 is 1.15 bits per heavy atom. The molecule has 0 radical (unpaired) electrons. The van der Waals surface area contributed by atoms with E-state index in [1.165, 1.54) is 11.3 Å². The molecule has 2 amide bonds. The molecule has 4 nitrogen and oxygen atoms in total. The van der Waals surface area contributed by atoms with E-state index < -0.39 is 11.0 Å². The molecule has 1 rings (SSSR count). The number of carbonyl (C=O) groups is 3. The monoisotopic (exact) mass is 385 g/mol. The molecule has 0 aromatic carbocycles. The molecular formula is C21H39NO3S. The largest absolute Gasteiger partial charge is 0.299 e. The first-order chi connectivity index (χ1) is 11.8. The van der Waals surface area contributed by atoms with E-state index in [-0.39, 0.29) is 29.3 Å².